The van der Waals surface area contributed by atoms with Gasteiger partial charge in [0.05, 0.1) is 12.7 Å². The third kappa shape index (κ3) is 1.97. The maximum atomic E-state index is 10.3. The first kappa shape index (κ1) is 14.7. The van der Waals surface area contributed by atoms with E-state index in [-0.39, 0.29) is 12.0 Å². The number of hydrogen-bond donors (Lipinski definition) is 3. The third-order valence-electron chi connectivity index (χ3n) is 5.73. The molecule has 23 heavy (non-hydrogen) atoms. The summed E-state index contributed by atoms with van der Waals surface area (Å²) < 4.78 is 0. The molecule has 0 fully saturated rings. The molecule has 0 radical (unpaired) electrons. The van der Waals surface area contributed by atoms with Gasteiger partial charge in [0.2, 0.25) is 0 Å². The second-order valence-corrected chi connectivity index (χ2v) is 6.82. The zero-order chi connectivity index (χ0) is 16.0. The van der Waals surface area contributed by atoms with Gasteiger partial charge in [-0.3, -0.25) is 0 Å². The highest BCUT2D eigenvalue weighted by atomic mass is 16.3. The molecule has 0 saturated carbocycles. The molecule has 0 saturated heterocycles. The van der Waals surface area contributed by atoms with Gasteiger partial charge in [0.1, 0.15) is 0 Å². The molecule has 2 aromatic rings. The Kier molecular flexibility index (Phi) is 3.43. The molecule has 0 aliphatic heterocycles. The van der Waals surface area contributed by atoms with Gasteiger partial charge < -0.3 is 15.5 Å². The number of aliphatic hydroxyl groups is 2. The Morgan fingerprint density at radius 1 is 1.17 bits per heavy atom. The Bertz CT molecular complexity index is 742. The Labute approximate surface area is 137 Å². The van der Waals surface area contributed by atoms with E-state index >= 15 is 0 Å². The maximum Gasteiger partial charge on any atom is 0.0782 e. The molecule has 0 amide bonds. The number of aliphatic hydroxyl groups excluding tert-OH is 2. The summed E-state index contributed by atoms with van der Waals surface area (Å²) in [4.78, 5) is 0. The molecule has 120 valence electrons. The fourth-order valence-electron chi connectivity index (χ4n) is 4.88. The largest absolute Gasteiger partial charge is 0.394 e. The summed E-state index contributed by atoms with van der Waals surface area (Å²) in [5.41, 5.74) is 6.37. The van der Waals surface area contributed by atoms with E-state index in [1.54, 1.807) is 0 Å². The number of hydrogen-bond acceptors (Lipinski definition) is 3. The van der Waals surface area contributed by atoms with Gasteiger partial charge >= 0.3 is 0 Å². The maximum absolute atomic E-state index is 10.3. The monoisotopic (exact) mass is 309 g/mol. The van der Waals surface area contributed by atoms with E-state index < -0.39 is 6.10 Å². The van der Waals surface area contributed by atoms with Crippen molar-refractivity contribution in [2.24, 2.45) is 0 Å². The average molecular weight is 309 g/mol. The molecule has 2 aromatic carbocycles. The van der Waals surface area contributed by atoms with Gasteiger partial charge in [0.25, 0.3) is 0 Å². The lowest BCUT2D eigenvalue weighted by atomic mass is 9.53. The van der Waals surface area contributed by atoms with Crippen molar-refractivity contribution in [1.29, 1.82) is 0 Å². The van der Waals surface area contributed by atoms with Crippen LogP contribution in [0.25, 0.3) is 0 Å². The fourth-order valence-corrected chi connectivity index (χ4v) is 4.88. The van der Waals surface area contributed by atoms with Gasteiger partial charge in [0.15, 0.2) is 0 Å². The van der Waals surface area contributed by atoms with Crippen molar-refractivity contribution in [3.63, 3.8) is 0 Å². The molecular formula is C20H23NO2. The van der Waals surface area contributed by atoms with Crippen molar-refractivity contribution in [3.8, 4) is 0 Å². The van der Waals surface area contributed by atoms with Gasteiger partial charge in [-0.2, -0.15) is 0 Å². The summed E-state index contributed by atoms with van der Waals surface area (Å²) in [7, 11) is 1.96. The second kappa shape index (κ2) is 5.36. The first-order chi connectivity index (χ1) is 11.2. The molecule has 3 N–H and O–H groups in total. The summed E-state index contributed by atoms with van der Waals surface area (Å²) in [5, 5.41) is 23.1. The van der Waals surface area contributed by atoms with Crippen LogP contribution in [0.15, 0.2) is 42.5 Å². The highest BCUT2D eigenvalue weighted by molar-refractivity contribution is 5.68. The molecule has 3 nitrogen and oxygen atoms in total. The lowest BCUT2D eigenvalue weighted by molar-refractivity contribution is 0.0676. The zero-order valence-electron chi connectivity index (χ0n) is 13.4. The average Bonchev–Trinajstić information content (AvgIpc) is 2.61. The van der Waals surface area contributed by atoms with Crippen LogP contribution in [0.2, 0.25) is 0 Å². The van der Waals surface area contributed by atoms with Crippen molar-refractivity contribution in [2.75, 3.05) is 19.0 Å². The summed E-state index contributed by atoms with van der Waals surface area (Å²) in [6, 6.07) is 15.1. The standard InChI is InChI=1S/C20H23NO2/c1-21-18-8-4-6-16-14-9-10-20(19(16)18,11-13(23)12-22)17-7-3-2-5-15(14)17/h2-8,13-14,21-23H,9-12H2,1H3/t13?,14-,20?/m1/s1. The van der Waals surface area contributed by atoms with Crippen LogP contribution in [0, 0.1) is 0 Å². The molecule has 0 heterocycles. The molecule has 0 aromatic heterocycles. The highest BCUT2D eigenvalue weighted by Crippen LogP contribution is 2.59. The summed E-state index contributed by atoms with van der Waals surface area (Å²) in [6.45, 7) is -0.190. The van der Waals surface area contributed by atoms with Gasteiger partial charge in [-0.05, 0) is 47.6 Å². The minimum atomic E-state index is -0.699. The van der Waals surface area contributed by atoms with Gasteiger partial charge in [-0.15, -0.1) is 0 Å². The van der Waals surface area contributed by atoms with Crippen LogP contribution < -0.4 is 5.32 Å². The topological polar surface area (TPSA) is 52.5 Å². The van der Waals surface area contributed by atoms with E-state index in [9.17, 15) is 10.2 Å². The van der Waals surface area contributed by atoms with Crippen LogP contribution in [0.1, 0.15) is 47.4 Å². The van der Waals surface area contributed by atoms with E-state index in [0.29, 0.717) is 12.3 Å². The summed E-state index contributed by atoms with van der Waals surface area (Å²) >= 11 is 0. The van der Waals surface area contributed by atoms with Crippen LogP contribution in [-0.2, 0) is 5.41 Å². The first-order valence-electron chi connectivity index (χ1n) is 8.40. The lowest BCUT2D eigenvalue weighted by Crippen LogP contribution is -2.43. The van der Waals surface area contributed by atoms with Gasteiger partial charge in [-0.1, -0.05) is 36.4 Å². The molecule has 3 aliphatic carbocycles. The number of rotatable bonds is 4. The predicted octanol–water partition coefficient (Wildman–Crippen LogP) is 3.00. The van der Waals surface area contributed by atoms with Crippen LogP contribution in [0.4, 0.5) is 5.69 Å². The quantitative estimate of drug-likeness (QED) is 0.814. The van der Waals surface area contributed by atoms with Crippen molar-refractivity contribution in [3.05, 3.63) is 64.7 Å². The Hall–Kier alpha value is -1.84. The number of fused-ring (bicyclic) bond motifs is 1. The SMILES string of the molecule is CNc1cccc2c1C1(CC(O)CO)CC[C@@H]2c2ccccc21. The smallest absolute Gasteiger partial charge is 0.0782 e. The third-order valence-corrected chi connectivity index (χ3v) is 5.73. The minimum Gasteiger partial charge on any atom is -0.394 e. The number of anilines is 1. The summed E-state index contributed by atoms with van der Waals surface area (Å²) in [6.07, 6.45) is 2.00. The second-order valence-electron chi connectivity index (χ2n) is 6.82. The van der Waals surface area contributed by atoms with Crippen molar-refractivity contribution in [1.82, 2.24) is 0 Å². The van der Waals surface area contributed by atoms with Gasteiger partial charge in [-0.25, -0.2) is 0 Å². The van der Waals surface area contributed by atoms with Crippen molar-refractivity contribution >= 4 is 5.69 Å². The fraction of sp³-hybridized carbons (Fsp3) is 0.400. The number of nitrogens with one attached hydrogen (secondary N) is 1. The van der Waals surface area contributed by atoms with E-state index in [0.717, 1.165) is 18.5 Å². The molecule has 0 spiro atoms. The van der Waals surface area contributed by atoms with Crippen LogP contribution in [0.5, 0.6) is 0 Å². The highest BCUT2D eigenvalue weighted by Gasteiger charge is 2.49. The van der Waals surface area contributed by atoms with Crippen LogP contribution >= 0.6 is 0 Å². The molecule has 2 bridgehead atoms. The van der Waals surface area contributed by atoms with E-state index in [1.807, 2.05) is 7.05 Å². The van der Waals surface area contributed by atoms with Crippen LogP contribution in [0.3, 0.4) is 0 Å². The van der Waals surface area contributed by atoms with Crippen LogP contribution in [-0.4, -0.2) is 30.0 Å². The molecule has 3 heteroatoms. The van der Waals surface area contributed by atoms with E-state index in [4.69, 9.17) is 0 Å². The van der Waals surface area contributed by atoms with Crippen molar-refractivity contribution in [2.45, 2.75) is 36.7 Å². The molecular weight excluding hydrogens is 286 g/mol. The molecule has 2 unspecified atom stereocenters. The molecule has 3 atom stereocenters. The Balaban J connectivity index is 2.00. The predicted molar refractivity (Wildman–Crippen MR) is 92.0 cm³/mol. The Morgan fingerprint density at radius 2 is 1.96 bits per heavy atom. The molecule has 5 rings (SSSR count). The Morgan fingerprint density at radius 3 is 2.74 bits per heavy atom. The molecule has 3 aliphatic rings. The first-order valence-corrected chi connectivity index (χ1v) is 8.40. The lowest BCUT2D eigenvalue weighted by Gasteiger charge is -2.51. The van der Waals surface area contributed by atoms with Crippen molar-refractivity contribution < 1.29 is 10.2 Å². The zero-order valence-corrected chi connectivity index (χ0v) is 13.4. The number of benzene rings is 2. The van der Waals surface area contributed by atoms with E-state index in [1.165, 1.54) is 22.3 Å². The van der Waals surface area contributed by atoms with E-state index in [2.05, 4.69) is 47.8 Å². The van der Waals surface area contributed by atoms with Gasteiger partial charge in [0, 0.05) is 24.1 Å². The minimum absolute atomic E-state index is 0.190. The normalized spacial score (nSPS) is 25.6. The summed E-state index contributed by atoms with van der Waals surface area (Å²) in [5.74, 6) is 0.447.